The second-order valence-electron chi connectivity index (χ2n) is 6.88. The molecule has 10 heteroatoms. The zero-order chi connectivity index (χ0) is 25.5. The van der Waals surface area contributed by atoms with Crippen LogP contribution in [0.25, 0.3) is 11.1 Å². The van der Waals surface area contributed by atoms with Crippen molar-refractivity contribution in [1.82, 2.24) is 4.98 Å². The molecule has 0 bridgehead atoms. The minimum Gasteiger partial charge on any atom is -0.484 e. The normalized spacial score (nSPS) is 12.5. The van der Waals surface area contributed by atoms with Crippen LogP contribution in [0.1, 0.15) is 31.0 Å². The molecule has 0 aliphatic heterocycles. The van der Waals surface area contributed by atoms with E-state index in [9.17, 15) is 35.8 Å². The van der Waals surface area contributed by atoms with Gasteiger partial charge in [-0.25, -0.2) is 8.78 Å². The van der Waals surface area contributed by atoms with Crippen molar-refractivity contribution in [3.05, 3.63) is 83.7 Å². The van der Waals surface area contributed by atoms with E-state index in [1.807, 2.05) is 13.8 Å². The minimum atomic E-state index is -4.48. The van der Waals surface area contributed by atoms with Crippen molar-refractivity contribution in [3.8, 4) is 16.9 Å². The average Bonchev–Trinajstić information content (AvgIpc) is 2.81. The van der Waals surface area contributed by atoms with Crippen LogP contribution in [-0.4, -0.2) is 29.5 Å². The van der Waals surface area contributed by atoms with Crippen molar-refractivity contribution < 1.29 is 40.6 Å². The summed E-state index contributed by atoms with van der Waals surface area (Å²) in [7, 11) is 0. The van der Waals surface area contributed by atoms with E-state index in [1.165, 1.54) is 30.3 Å². The van der Waals surface area contributed by atoms with E-state index in [-0.39, 0.29) is 5.75 Å². The molecular weight excluding hydrogens is 467 g/mol. The summed E-state index contributed by atoms with van der Waals surface area (Å²) in [6.07, 6.45) is -3.36. The summed E-state index contributed by atoms with van der Waals surface area (Å²) >= 11 is 0. The van der Waals surface area contributed by atoms with Crippen LogP contribution in [0.4, 0.5) is 30.7 Å². The Hall–Kier alpha value is -3.14. The van der Waals surface area contributed by atoms with Crippen LogP contribution in [0, 0.1) is 11.6 Å². The summed E-state index contributed by atoms with van der Waals surface area (Å²) in [6, 6.07) is 9.87. The van der Waals surface area contributed by atoms with Gasteiger partial charge in [0.15, 0.2) is 6.61 Å². The van der Waals surface area contributed by atoms with Gasteiger partial charge in [-0.3, -0.25) is 4.98 Å². The highest BCUT2D eigenvalue weighted by molar-refractivity contribution is 5.63. The van der Waals surface area contributed by atoms with E-state index in [0.29, 0.717) is 17.2 Å². The van der Waals surface area contributed by atoms with Crippen LogP contribution < -0.4 is 4.74 Å². The lowest BCUT2D eigenvalue weighted by atomic mass is 9.90. The maximum atomic E-state index is 15.0. The van der Waals surface area contributed by atoms with Crippen LogP contribution in [0.15, 0.2) is 60.8 Å². The molecule has 0 spiro atoms. The molecule has 1 aromatic heterocycles. The van der Waals surface area contributed by atoms with Crippen molar-refractivity contribution in [2.75, 3.05) is 13.2 Å². The molecule has 0 radical (unpaired) electrons. The van der Waals surface area contributed by atoms with E-state index in [0.717, 1.165) is 24.4 Å². The molecule has 0 saturated heterocycles. The summed E-state index contributed by atoms with van der Waals surface area (Å²) in [5.41, 5.74) is -0.427. The molecule has 0 amide bonds. The topological polar surface area (TPSA) is 42.4 Å². The standard InChI is InChI=1S/C22H16F7NO2.C2H6/c23-15-4-7-17(19(24)9-15)18(11-31)22(28,29)20-8-3-14(10-30-20)13-1-5-16(6-2-13)32-12-21(25,26)27;1-2/h1-10,18,31H,11-12H2;1-2H3. The Bertz CT molecular complexity index is 1050. The highest BCUT2D eigenvalue weighted by Crippen LogP contribution is 2.42. The first kappa shape index (κ1) is 27.1. The highest BCUT2D eigenvalue weighted by Gasteiger charge is 2.44. The molecule has 0 saturated carbocycles. The van der Waals surface area contributed by atoms with Crippen LogP contribution in [0.3, 0.4) is 0 Å². The number of hydrogen-bond acceptors (Lipinski definition) is 3. The fourth-order valence-electron chi connectivity index (χ4n) is 3.04. The second-order valence-corrected chi connectivity index (χ2v) is 6.88. The van der Waals surface area contributed by atoms with Crippen molar-refractivity contribution in [2.45, 2.75) is 31.9 Å². The largest absolute Gasteiger partial charge is 0.484 e. The Kier molecular flexibility index (Phi) is 9.03. The van der Waals surface area contributed by atoms with Crippen LogP contribution in [0.5, 0.6) is 5.75 Å². The number of alkyl halides is 5. The van der Waals surface area contributed by atoms with Crippen molar-refractivity contribution in [2.24, 2.45) is 0 Å². The quantitative estimate of drug-likeness (QED) is 0.369. The first-order valence-corrected chi connectivity index (χ1v) is 10.2. The van der Waals surface area contributed by atoms with Gasteiger partial charge < -0.3 is 9.84 Å². The lowest BCUT2D eigenvalue weighted by molar-refractivity contribution is -0.153. The molecule has 0 aliphatic rings. The predicted molar refractivity (Wildman–Crippen MR) is 113 cm³/mol. The van der Waals surface area contributed by atoms with Crippen LogP contribution >= 0.6 is 0 Å². The van der Waals surface area contributed by atoms with Crippen LogP contribution in [-0.2, 0) is 5.92 Å². The number of rotatable bonds is 7. The molecule has 2 aromatic carbocycles. The van der Waals surface area contributed by atoms with Crippen LogP contribution in [0.2, 0.25) is 0 Å². The zero-order valence-corrected chi connectivity index (χ0v) is 18.2. The Morgan fingerprint density at radius 1 is 0.882 bits per heavy atom. The molecule has 1 N–H and O–H groups in total. The number of aliphatic hydroxyl groups is 1. The molecule has 3 rings (SSSR count). The molecule has 3 aromatic rings. The van der Waals surface area contributed by atoms with Crippen molar-refractivity contribution in [1.29, 1.82) is 0 Å². The van der Waals surface area contributed by atoms with E-state index in [4.69, 9.17) is 0 Å². The van der Waals surface area contributed by atoms with E-state index in [2.05, 4.69) is 9.72 Å². The molecule has 0 aliphatic carbocycles. The number of hydrogen-bond donors (Lipinski definition) is 1. The number of pyridine rings is 1. The van der Waals surface area contributed by atoms with Gasteiger partial charge in [0.05, 0.1) is 12.5 Å². The van der Waals surface area contributed by atoms with E-state index < -0.39 is 54.1 Å². The molecule has 1 atom stereocenters. The Balaban J connectivity index is 0.00000199. The summed E-state index contributed by atoms with van der Waals surface area (Å²) in [6.45, 7) is 1.44. The third-order valence-electron chi connectivity index (χ3n) is 4.65. The molecule has 3 nitrogen and oxygen atoms in total. The van der Waals surface area contributed by atoms with Gasteiger partial charge in [0.25, 0.3) is 5.92 Å². The molecule has 34 heavy (non-hydrogen) atoms. The van der Waals surface area contributed by atoms with Gasteiger partial charge in [0, 0.05) is 17.8 Å². The van der Waals surface area contributed by atoms with Gasteiger partial charge in [0.2, 0.25) is 0 Å². The lowest BCUT2D eigenvalue weighted by Gasteiger charge is -2.25. The van der Waals surface area contributed by atoms with Gasteiger partial charge in [0.1, 0.15) is 23.1 Å². The molecule has 1 unspecified atom stereocenters. The lowest BCUT2D eigenvalue weighted by Crippen LogP contribution is -2.28. The fourth-order valence-corrected chi connectivity index (χ4v) is 3.04. The van der Waals surface area contributed by atoms with Gasteiger partial charge in [-0.2, -0.15) is 22.0 Å². The number of nitrogens with zero attached hydrogens (tertiary/aromatic N) is 1. The fraction of sp³-hybridized carbons (Fsp3) is 0.292. The van der Waals surface area contributed by atoms with Gasteiger partial charge in [-0.15, -0.1) is 0 Å². The Labute approximate surface area is 191 Å². The molecule has 0 fully saturated rings. The number of benzene rings is 2. The molecular formula is C24H22F7NO2. The average molecular weight is 489 g/mol. The van der Waals surface area contributed by atoms with E-state index >= 15 is 0 Å². The highest BCUT2D eigenvalue weighted by atomic mass is 19.4. The zero-order valence-electron chi connectivity index (χ0n) is 18.2. The first-order chi connectivity index (χ1) is 16.0. The van der Waals surface area contributed by atoms with Crippen molar-refractivity contribution in [3.63, 3.8) is 0 Å². The smallest absolute Gasteiger partial charge is 0.422 e. The monoisotopic (exact) mass is 489 g/mol. The van der Waals surface area contributed by atoms with Crippen molar-refractivity contribution >= 4 is 0 Å². The number of aliphatic hydroxyl groups excluding tert-OH is 1. The summed E-state index contributed by atoms with van der Waals surface area (Å²) in [4.78, 5) is 3.72. The third kappa shape index (κ3) is 6.69. The maximum absolute atomic E-state index is 15.0. The SMILES string of the molecule is CC.OCC(c1ccc(F)cc1F)C(F)(F)c1ccc(-c2ccc(OCC(F)(F)F)cc2)cn1. The first-order valence-electron chi connectivity index (χ1n) is 10.2. The summed E-state index contributed by atoms with van der Waals surface area (Å²) in [5.74, 6) is -7.95. The Morgan fingerprint density at radius 2 is 1.50 bits per heavy atom. The number of ether oxygens (including phenoxy) is 1. The summed E-state index contributed by atoms with van der Waals surface area (Å²) < 4.78 is 98.2. The third-order valence-corrected chi connectivity index (χ3v) is 4.65. The summed E-state index contributed by atoms with van der Waals surface area (Å²) in [5, 5.41) is 9.47. The Morgan fingerprint density at radius 3 is 2.00 bits per heavy atom. The molecule has 184 valence electrons. The van der Waals surface area contributed by atoms with Gasteiger partial charge in [-0.1, -0.05) is 38.1 Å². The maximum Gasteiger partial charge on any atom is 0.422 e. The predicted octanol–water partition coefficient (Wildman–Crippen LogP) is 6.86. The number of halogens is 7. The molecule has 1 heterocycles. The van der Waals surface area contributed by atoms with Gasteiger partial charge in [-0.05, 0) is 35.4 Å². The minimum absolute atomic E-state index is 0.0192. The number of aromatic nitrogens is 1. The van der Waals surface area contributed by atoms with Gasteiger partial charge >= 0.3 is 6.18 Å². The second kappa shape index (κ2) is 11.3. The van der Waals surface area contributed by atoms with E-state index in [1.54, 1.807) is 0 Å².